The van der Waals surface area contributed by atoms with Crippen molar-refractivity contribution in [2.24, 2.45) is 0 Å². The molecule has 3 rings (SSSR count). The number of hydrogen-bond donors (Lipinski definition) is 2. The Bertz CT molecular complexity index is 715. The van der Waals surface area contributed by atoms with Crippen LogP contribution < -0.4 is 10.2 Å². The largest absolute Gasteiger partial charge is 0.378 e. The van der Waals surface area contributed by atoms with E-state index in [1.807, 2.05) is 37.5 Å². The zero-order valence-corrected chi connectivity index (χ0v) is 11.7. The Labute approximate surface area is 118 Å². The fraction of sp³-hybridized carbons (Fsp3) is 0.188. The SMILES string of the molecule is CN(C)c1ncccc1NCc1ccc2cc[nH]c2c1. The number of pyridine rings is 1. The number of hydrogen-bond acceptors (Lipinski definition) is 3. The van der Waals surface area contributed by atoms with Crippen LogP contribution in [0.2, 0.25) is 0 Å². The Hall–Kier alpha value is -2.49. The predicted octanol–water partition coefficient (Wildman–Crippen LogP) is 3.24. The van der Waals surface area contributed by atoms with Crippen LogP contribution in [-0.4, -0.2) is 24.1 Å². The minimum absolute atomic E-state index is 0.779. The molecule has 0 atom stereocenters. The van der Waals surface area contributed by atoms with Crippen molar-refractivity contribution in [1.29, 1.82) is 0 Å². The van der Waals surface area contributed by atoms with Gasteiger partial charge in [-0.15, -0.1) is 0 Å². The molecule has 0 radical (unpaired) electrons. The second-order valence-electron chi connectivity index (χ2n) is 5.02. The van der Waals surface area contributed by atoms with Crippen molar-refractivity contribution in [3.8, 4) is 0 Å². The first-order valence-electron chi connectivity index (χ1n) is 6.66. The van der Waals surface area contributed by atoms with Crippen molar-refractivity contribution in [3.63, 3.8) is 0 Å². The lowest BCUT2D eigenvalue weighted by molar-refractivity contribution is 1.05. The fourth-order valence-electron chi connectivity index (χ4n) is 2.29. The summed E-state index contributed by atoms with van der Waals surface area (Å²) in [4.78, 5) is 9.64. The lowest BCUT2D eigenvalue weighted by atomic mass is 10.1. The Morgan fingerprint density at radius 3 is 2.95 bits per heavy atom. The molecular formula is C16H18N4. The Morgan fingerprint density at radius 2 is 2.10 bits per heavy atom. The van der Waals surface area contributed by atoms with Gasteiger partial charge < -0.3 is 15.2 Å². The minimum Gasteiger partial charge on any atom is -0.378 e. The maximum absolute atomic E-state index is 4.39. The summed E-state index contributed by atoms with van der Waals surface area (Å²) in [5, 5.41) is 4.69. The molecule has 0 aliphatic carbocycles. The molecule has 0 spiro atoms. The van der Waals surface area contributed by atoms with Gasteiger partial charge in [0.05, 0.1) is 5.69 Å². The van der Waals surface area contributed by atoms with Gasteiger partial charge in [0.1, 0.15) is 0 Å². The molecule has 2 N–H and O–H groups in total. The topological polar surface area (TPSA) is 44.0 Å². The maximum atomic E-state index is 4.39. The molecule has 0 bridgehead atoms. The van der Waals surface area contributed by atoms with E-state index >= 15 is 0 Å². The Morgan fingerprint density at radius 1 is 1.20 bits per heavy atom. The molecule has 20 heavy (non-hydrogen) atoms. The van der Waals surface area contributed by atoms with Crippen LogP contribution in [0.15, 0.2) is 48.8 Å². The molecule has 0 saturated heterocycles. The van der Waals surface area contributed by atoms with Gasteiger partial charge in [0.2, 0.25) is 0 Å². The third-order valence-corrected chi connectivity index (χ3v) is 3.31. The molecule has 1 aromatic carbocycles. The third-order valence-electron chi connectivity index (χ3n) is 3.31. The van der Waals surface area contributed by atoms with Gasteiger partial charge in [0.25, 0.3) is 0 Å². The van der Waals surface area contributed by atoms with Crippen LogP contribution in [0.25, 0.3) is 10.9 Å². The van der Waals surface area contributed by atoms with E-state index < -0.39 is 0 Å². The summed E-state index contributed by atoms with van der Waals surface area (Å²) in [7, 11) is 4.00. The molecule has 0 unspecified atom stereocenters. The van der Waals surface area contributed by atoms with Crippen LogP contribution in [-0.2, 0) is 6.54 Å². The van der Waals surface area contributed by atoms with Crippen molar-refractivity contribution < 1.29 is 0 Å². The van der Waals surface area contributed by atoms with E-state index in [1.165, 1.54) is 16.5 Å². The van der Waals surface area contributed by atoms with Crippen LogP contribution in [0.4, 0.5) is 11.5 Å². The van der Waals surface area contributed by atoms with Gasteiger partial charge in [-0.1, -0.05) is 12.1 Å². The van der Waals surface area contributed by atoms with Crippen molar-refractivity contribution >= 4 is 22.4 Å². The second kappa shape index (κ2) is 5.25. The highest BCUT2D eigenvalue weighted by atomic mass is 15.2. The highest BCUT2D eigenvalue weighted by Crippen LogP contribution is 2.21. The van der Waals surface area contributed by atoms with Gasteiger partial charge >= 0.3 is 0 Å². The first-order valence-corrected chi connectivity index (χ1v) is 6.66. The zero-order chi connectivity index (χ0) is 13.9. The van der Waals surface area contributed by atoms with Crippen LogP contribution in [0.1, 0.15) is 5.56 Å². The van der Waals surface area contributed by atoms with E-state index in [2.05, 4.69) is 45.6 Å². The number of benzene rings is 1. The first kappa shape index (κ1) is 12.5. The molecule has 0 amide bonds. The molecule has 4 nitrogen and oxygen atoms in total. The number of aromatic amines is 1. The van der Waals surface area contributed by atoms with Crippen LogP contribution in [0, 0.1) is 0 Å². The van der Waals surface area contributed by atoms with Gasteiger partial charge in [-0.2, -0.15) is 0 Å². The van der Waals surface area contributed by atoms with Gasteiger partial charge in [-0.3, -0.25) is 0 Å². The summed E-state index contributed by atoms with van der Waals surface area (Å²) in [6.45, 7) is 0.779. The standard InChI is InChI=1S/C16H18N4/c1-20(2)16-14(4-3-8-18-16)19-11-12-5-6-13-7-9-17-15(13)10-12/h3-10,17,19H,11H2,1-2H3. The van der Waals surface area contributed by atoms with Crippen LogP contribution in [0.5, 0.6) is 0 Å². The summed E-state index contributed by atoms with van der Waals surface area (Å²) in [5.74, 6) is 0.952. The van der Waals surface area contributed by atoms with Crippen molar-refractivity contribution in [3.05, 3.63) is 54.4 Å². The predicted molar refractivity (Wildman–Crippen MR) is 84.2 cm³/mol. The van der Waals surface area contributed by atoms with Crippen molar-refractivity contribution in [2.45, 2.75) is 6.54 Å². The number of nitrogens with one attached hydrogen (secondary N) is 2. The van der Waals surface area contributed by atoms with Gasteiger partial charge in [0, 0.05) is 38.6 Å². The van der Waals surface area contributed by atoms with Crippen LogP contribution in [0.3, 0.4) is 0 Å². The lowest BCUT2D eigenvalue weighted by Gasteiger charge is -2.16. The molecular weight excluding hydrogens is 248 g/mol. The highest BCUT2D eigenvalue weighted by Gasteiger charge is 2.05. The van der Waals surface area contributed by atoms with E-state index in [1.54, 1.807) is 0 Å². The molecule has 0 aliphatic rings. The Balaban J connectivity index is 1.79. The van der Waals surface area contributed by atoms with E-state index in [-0.39, 0.29) is 0 Å². The van der Waals surface area contributed by atoms with Crippen LogP contribution >= 0.6 is 0 Å². The quantitative estimate of drug-likeness (QED) is 0.762. The Kier molecular flexibility index (Phi) is 3.29. The number of anilines is 2. The minimum atomic E-state index is 0.779. The number of H-pyrrole nitrogens is 1. The maximum Gasteiger partial charge on any atom is 0.151 e. The molecule has 0 aliphatic heterocycles. The molecule has 4 heteroatoms. The molecule has 102 valence electrons. The fourth-order valence-corrected chi connectivity index (χ4v) is 2.29. The normalized spacial score (nSPS) is 10.7. The number of nitrogens with zero attached hydrogens (tertiary/aromatic N) is 2. The van der Waals surface area contributed by atoms with Gasteiger partial charge in [0.15, 0.2) is 5.82 Å². The summed E-state index contributed by atoms with van der Waals surface area (Å²) in [6, 6.07) is 12.5. The van der Waals surface area contributed by atoms with Crippen molar-refractivity contribution in [2.75, 3.05) is 24.3 Å². The molecule has 2 aromatic heterocycles. The molecule has 0 saturated carbocycles. The second-order valence-corrected chi connectivity index (χ2v) is 5.02. The summed E-state index contributed by atoms with van der Waals surface area (Å²) in [6.07, 6.45) is 3.78. The zero-order valence-electron chi connectivity index (χ0n) is 11.7. The molecule has 0 fully saturated rings. The smallest absolute Gasteiger partial charge is 0.151 e. The van der Waals surface area contributed by atoms with E-state index in [9.17, 15) is 0 Å². The lowest BCUT2D eigenvalue weighted by Crippen LogP contribution is -2.13. The van der Waals surface area contributed by atoms with E-state index in [0.29, 0.717) is 0 Å². The van der Waals surface area contributed by atoms with Gasteiger partial charge in [-0.25, -0.2) is 4.98 Å². The number of rotatable bonds is 4. The monoisotopic (exact) mass is 266 g/mol. The summed E-state index contributed by atoms with van der Waals surface area (Å²) in [5.41, 5.74) is 3.46. The summed E-state index contributed by atoms with van der Waals surface area (Å²) < 4.78 is 0. The van der Waals surface area contributed by atoms with E-state index in [4.69, 9.17) is 0 Å². The molecule has 2 heterocycles. The number of fused-ring (bicyclic) bond motifs is 1. The van der Waals surface area contributed by atoms with E-state index in [0.717, 1.165) is 18.1 Å². The average Bonchev–Trinajstić information content (AvgIpc) is 2.92. The third kappa shape index (κ3) is 2.45. The average molecular weight is 266 g/mol. The molecule has 3 aromatic rings. The highest BCUT2D eigenvalue weighted by molar-refractivity contribution is 5.80. The summed E-state index contributed by atoms with van der Waals surface area (Å²) >= 11 is 0. The van der Waals surface area contributed by atoms with Crippen molar-refractivity contribution in [1.82, 2.24) is 9.97 Å². The van der Waals surface area contributed by atoms with Gasteiger partial charge in [-0.05, 0) is 35.2 Å². The first-order chi connectivity index (χ1) is 9.74. The number of aromatic nitrogens is 2.